The Morgan fingerprint density at radius 2 is 1.69 bits per heavy atom. The molecule has 0 heterocycles. The third-order valence-electron chi connectivity index (χ3n) is 4.94. The Morgan fingerprint density at radius 3 is 2.15 bits per heavy atom. The summed E-state index contributed by atoms with van der Waals surface area (Å²) in [5.74, 6) is -1.29. The van der Waals surface area contributed by atoms with Crippen LogP contribution in [0.5, 0.6) is 0 Å². The van der Waals surface area contributed by atoms with Crippen LogP contribution in [0.1, 0.15) is 80.1 Å². The van der Waals surface area contributed by atoms with E-state index in [0.717, 1.165) is 0 Å². The summed E-state index contributed by atoms with van der Waals surface area (Å²) in [6, 6.07) is 0. The molecular formula is C21H36O5. The Balaban J connectivity index is 3.40. The van der Waals surface area contributed by atoms with Crippen LogP contribution in [0.15, 0.2) is 22.7 Å². The Kier molecular flexibility index (Phi) is 7.49. The summed E-state index contributed by atoms with van der Waals surface area (Å²) in [5, 5.41) is 42.8. The van der Waals surface area contributed by atoms with Crippen molar-refractivity contribution in [2.45, 2.75) is 91.8 Å². The van der Waals surface area contributed by atoms with Crippen molar-refractivity contribution in [2.75, 3.05) is 0 Å². The van der Waals surface area contributed by atoms with Gasteiger partial charge in [-0.25, -0.2) is 0 Å². The highest BCUT2D eigenvalue weighted by molar-refractivity contribution is 6.06. The minimum absolute atomic E-state index is 0.0436. The van der Waals surface area contributed by atoms with E-state index < -0.39 is 23.2 Å². The van der Waals surface area contributed by atoms with E-state index in [9.17, 15) is 25.2 Å². The summed E-state index contributed by atoms with van der Waals surface area (Å²) in [5.41, 5.74) is -2.21. The number of carbonyl (C=O) groups is 1. The monoisotopic (exact) mass is 368 g/mol. The fourth-order valence-electron chi connectivity index (χ4n) is 3.15. The van der Waals surface area contributed by atoms with Crippen molar-refractivity contribution in [3.8, 4) is 0 Å². The summed E-state index contributed by atoms with van der Waals surface area (Å²) in [7, 11) is 0. The quantitative estimate of drug-likeness (QED) is 0.511. The van der Waals surface area contributed by atoms with Crippen molar-refractivity contribution in [3.63, 3.8) is 0 Å². The number of Topliss-reactive ketones (excluding diaryl/α,β-unsaturated/α-hetero) is 1. The van der Waals surface area contributed by atoms with Crippen LogP contribution in [0.4, 0.5) is 0 Å². The number of rotatable bonds is 8. The summed E-state index contributed by atoms with van der Waals surface area (Å²) in [6.45, 7) is 11.9. The summed E-state index contributed by atoms with van der Waals surface area (Å²) in [6.07, 6.45) is 1.35. The third-order valence-corrected chi connectivity index (χ3v) is 4.94. The van der Waals surface area contributed by atoms with Gasteiger partial charge >= 0.3 is 0 Å². The number of carbonyl (C=O) groups excluding carboxylic acids is 1. The number of hydrogen-bond donors (Lipinski definition) is 4. The van der Waals surface area contributed by atoms with Crippen molar-refractivity contribution in [1.82, 2.24) is 0 Å². The molecule has 4 N–H and O–H groups in total. The zero-order valence-corrected chi connectivity index (χ0v) is 17.1. The first-order valence-electron chi connectivity index (χ1n) is 9.66. The molecule has 0 radical (unpaired) electrons. The second kappa shape index (κ2) is 8.57. The maximum absolute atomic E-state index is 13.0. The first-order chi connectivity index (χ1) is 11.8. The van der Waals surface area contributed by atoms with Crippen molar-refractivity contribution in [1.29, 1.82) is 0 Å². The van der Waals surface area contributed by atoms with Crippen LogP contribution in [0, 0.1) is 11.3 Å². The molecule has 0 aliphatic heterocycles. The highest BCUT2D eigenvalue weighted by Crippen LogP contribution is 2.41. The lowest BCUT2D eigenvalue weighted by Gasteiger charge is -2.36. The van der Waals surface area contributed by atoms with E-state index in [0.29, 0.717) is 38.0 Å². The lowest BCUT2D eigenvalue weighted by atomic mass is 9.73. The SMILES string of the molecule is CCCC(O)C1=C(O)C(CCC(C)C)=C(O)C(O)(CCC(C)(C)C)C1=O. The number of aliphatic hydroxyl groups is 4. The minimum atomic E-state index is -2.09. The minimum Gasteiger partial charge on any atom is -0.508 e. The summed E-state index contributed by atoms with van der Waals surface area (Å²) < 4.78 is 0. The van der Waals surface area contributed by atoms with Crippen LogP contribution >= 0.6 is 0 Å². The van der Waals surface area contributed by atoms with Crippen LogP contribution in [0.3, 0.4) is 0 Å². The van der Waals surface area contributed by atoms with Gasteiger partial charge in [-0.2, -0.15) is 0 Å². The molecule has 0 saturated heterocycles. The first-order valence-corrected chi connectivity index (χ1v) is 9.66. The van der Waals surface area contributed by atoms with Crippen LogP contribution in [0.25, 0.3) is 0 Å². The van der Waals surface area contributed by atoms with Gasteiger partial charge in [-0.05, 0) is 43.4 Å². The van der Waals surface area contributed by atoms with Crippen LogP contribution in [-0.4, -0.2) is 37.9 Å². The third kappa shape index (κ3) is 5.10. The average Bonchev–Trinajstić information content (AvgIpc) is 2.50. The van der Waals surface area contributed by atoms with Gasteiger partial charge in [0.25, 0.3) is 0 Å². The maximum Gasteiger partial charge on any atom is 0.204 e. The molecule has 26 heavy (non-hydrogen) atoms. The molecule has 1 rings (SSSR count). The molecule has 5 heteroatoms. The highest BCUT2D eigenvalue weighted by atomic mass is 16.3. The Bertz CT molecular complexity index is 580. The number of hydrogen-bond acceptors (Lipinski definition) is 5. The van der Waals surface area contributed by atoms with Gasteiger partial charge in [0, 0.05) is 5.57 Å². The fourth-order valence-corrected chi connectivity index (χ4v) is 3.15. The fraction of sp³-hybridized carbons (Fsp3) is 0.762. The maximum atomic E-state index is 13.0. The molecule has 0 fully saturated rings. The molecule has 0 saturated carbocycles. The second-order valence-electron chi connectivity index (χ2n) is 9.08. The lowest BCUT2D eigenvalue weighted by Crippen LogP contribution is -2.48. The van der Waals surface area contributed by atoms with E-state index in [2.05, 4.69) is 0 Å². The van der Waals surface area contributed by atoms with E-state index >= 15 is 0 Å². The van der Waals surface area contributed by atoms with Crippen molar-refractivity contribution in [2.24, 2.45) is 11.3 Å². The zero-order valence-electron chi connectivity index (χ0n) is 17.1. The molecule has 2 atom stereocenters. The molecule has 2 unspecified atom stereocenters. The first kappa shape index (κ1) is 22.7. The molecule has 0 aromatic carbocycles. The molecule has 5 nitrogen and oxygen atoms in total. The van der Waals surface area contributed by atoms with E-state index in [1.54, 1.807) is 0 Å². The highest BCUT2D eigenvalue weighted by Gasteiger charge is 2.49. The van der Waals surface area contributed by atoms with Gasteiger partial charge in [-0.1, -0.05) is 48.0 Å². The van der Waals surface area contributed by atoms with Crippen LogP contribution in [-0.2, 0) is 4.79 Å². The predicted octanol–water partition coefficient (Wildman–Crippen LogP) is 4.35. The molecule has 1 aliphatic carbocycles. The molecule has 150 valence electrons. The van der Waals surface area contributed by atoms with Gasteiger partial charge < -0.3 is 20.4 Å². The topological polar surface area (TPSA) is 98.0 Å². The van der Waals surface area contributed by atoms with Crippen molar-refractivity contribution < 1.29 is 25.2 Å². The Labute approximate surface area is 157 Å². The van der Waals surface area contributed by atoms with E-state index in [-0.39, 0.29) is 28.7 Å². The van der Waals surface area contributed by atoms with Crippen molar-refractivity contribution >= 4 is 5.78 Å². The summed E-state index contributed by atoms with van der Waals surface area (Å²) >= 11 is 0. The molecule has 1 aliphatic rings. The van der Waals surface area contributed by atoms with Gasteiger partial charge in [0.15, 0.2) is 5.60 Å². The van der Waals surface area contributed by atoms with Gasteiger partial charge in [0.05, 0.1) is 11.7 Å². The number of ketones is 1. The molecule has 0 aromatic heterocycles. The molecule has 0 bridgehead atoms. The number of allylic oxidation sites excluding steroid dienone is 1. The van der Waals surface area contributed by atoms with Crippen LogP contribution in [0.2, 0.25) is 0 Å². The van der Waals surface area contributed by atoms with Gasteiger partial charge in [0.1, 0.15) is 11.5 Å². The standard InChI is InChI=1S/C21H36O5/c1-7-8-15(22)16-17(23)14(10-9-13(2)3)18(24)21(26,19(16)25)12-11-20(4,5)6/h13,15,22-24,26H,7-12H2,1-6H3. The molecule has 0 aromatic rings. The van der Waals surface area contributed by atoms with Gasteiger partial charge in [-0.15, -0.1) is 0 Å². The molecule has 0 amide bonds. The van der Waals surface area contributed by atoms with E-state index in [1.807, 2.05) is 41.5 Å². The van der Waals surface area contributed by atoms with E-state index in [1.165, 1.54) is 0 Å². The van der Waals surface area contributed by atoms with E-state index in [4.69, 9.17) is 0 Å². The smallest absolute Gasteiger partial charge is 0.204 e. The second-order valence-corrected chi connectivity index (χ2v) is 9.08. The normalized spacial score (nSPS) is 23.2. The zero-order chi connectivity index (χ0) is 20.3. The Morgan fingerprint density at radius 1 is 1.12 bits per heavy atom. The summed E-state index contributed by atoms with van der Waals surface area (Å²) in [4.78, 5) is 13.0. The lowest BCUT2D eigenvalue weighted by molar-refractivity contribution is -0.135. The average molecular weight is 369 g/mol. The Hall–Kier alpha value is -1.33. The molecular weight excluding hydrogens is 332 g/mol. The van der Waals surface area contributed by atoms with Gasteiger partial charge in [0.2, 0.25) is 5.78 Å². The van der Waals surface area contributed by atoms with Gasteiger partial charge in [-0.3, -0.25) is 4.79 Å². The van der Waals surface area contributed by atoms with Crippen molar-refractivity contribution in [3.05, 3.63) is 22.7 Å². The molecule has 0 spiro atoms. The number of aliphatic hydroxyl groups excluding tert-OH is 3. The predicted molar refractivity (Wildman–Crippen MR) is 103 cm³/mol. The largest absolute Gasteiger partial charge is 0.508 e. The van der Waals surface area contributed by atoms with Crippen LogP contribution < -0.4 is 0 Å².